The Morgan fingerprint density at radius 1 is 1.30 bits per heavy atom. The lowest BCUT2D eigenvalue weighted by molar-refractivity contribution is -0.178. The summed E-state index contributed by atoms with van der Waals surface area (Å²) in [4.78, 5) is 35.2. The predicted octanol–water partition coefficient (Wildman–Crippen LogP) is 4.34. The zero-order chi connectivity index (χ0) is 23.1. The Hall–Kier alpha value is -2.75. The van der Waals surface area contributed by atoms with E-state index in [4.69, 9.17) is 16.7 Å². The highest BCUT2D eigenvalue weighted by Gasteiger charge is 2.45. The van der Waals surface area contributed by atoms with E-state index in [1.54, 1.807) is 13.0 Å². The van der Waals surface area contributed by atoms with Crippen LogP contribution in [0.4, 0.5) is 23.7 Å². The van der Waals surface area contributed by atoms with Crippen LogP contribution in [0.15, 0.2) is 30.9 Å². The number of halogens is 4. The summed E-state index contributed by atoms with van der Waals surface area (Å²) in [7, 11) is 0. The van der Waals surface area contributed by atoms with Gasteiger partial charge in [0.05, 0.1) is 23.0 Å². The Morgan fingerprint density at radius 2 is 1.93 bits per heavy atom. The van der Waals surface area contributed by atoms with E-state index >= 15 is 0 Å². The summed E-state index contributed by atoms with van der Waals surface area (Å²) in [5, 5.41) is 13.1. The lowest BCUT2D eigenvalue weighted by Gasteiger charge is -2.26. The molecule has 1 unspecified atom stereocenters. The van der Waals surface area contributed by atoms with E-state index in [0.717, 1.165) is 6.92 Å². The van der Waals surface area contributed by atoms with Crippen LogP contribution < -0.4 is 10.6 Å². The first kappa shape index (κ1) is 25.3. The van der Waals surface area contributed by atoms with E-state index in [2.05, 4.69) is 16.6 Å². The Balaban J connectivity index is 3.11. The highest BCUT2D eigenvalue weighted by atomic mass is 35.5. The SMILES string of the molecule is C=CCOC(=O)NC(C(=O)Nc1cc([C@@H](C)CC(=O)O)ccc1Cl)[C@@H](C)C(F)(F)F. The van der Waals surface area contributed by atoms with Crippen molar-refractivity contribution in [1.29, 1.82) is 0 Å². The first-order valence-electron chi connectivity index (χ1n) is 8.79. The van der Waals surface area contributed by atoms with Gasteiger partial charge in [-0.2, -0.15) is 13.2 Å². The molecule has 0 spiro atoms. The molecular formula is C19H22ClF3N2O5. The van der Waals surface area contributed by atoms with Gasteiger partial charge in [-0.3, -0.25) is 9.59 Å². The van der Waals surface area contributed by atoms with Crippen molar-refractivity contribution >= 4 is 35.3 Å². The molecule has 0 saturated heterocycles. The molecule has 7 nitrogen and oxygen atoms in total. The van der Waals surface area contributed by atoms with Crippen molar-refractivity contribution in [3.05, 3.63) is 41.4 Å². The second kappa shape index (κ2) is 10.9. The van der Waals surface area contributed by atoms with E-state index in [1.165, 1.54) is 18.2 Å². The van der Waals surface area contributed by atoms with E-state index in [1.807, 2.05) is 5.32 Å². The molecule has 0 aliphatic carbocycles. The third kappa shape index (κ3) is 7.58. The number of nitrogens with one attached hydrogen (secondary N) is 2. The summed E-state index contributed by atoms with van der Waals surface area (Å²) < 4.78 is 44.2. The normalized spacial score (nSPS) is 14.2. The second-order valence-corrected chi connectivity index (χ2v) is 6.97. The van der Waals surface area contributed by atoms with Crippen LogP contribution in [0, 0.1) is 5.92 Å². The smallest absolute Gasteiger partial charge is 0.408 e. The van der Waals surface area contributed by atoms with Crippen molar-refractivity contribution in [2.24, 2.45) is 5.92 Å². The van der Waals surface area contributed by atoms with Crippen molar-refractivity contribution in [3.63, 3.8) is 0 Å². The van der Waals surface area contributed by atoms with Crippen LogP contribution in [0.2, 0.25) is 5.02 Å². The average Bonchev–Trinajstić information content (AvgIpc) is 2.64. The number of benzene rings is 1. The molecule has 3 atom stereocenters. The zero-order valence-electron chi connectivity index (χ0n) is 16.3. The van der Waals surface area contributed by atoms with Crippen LogP contribution in [0.25, 0.3) is 0 Å². The third-order valence-electron chi connectivity index (χ3n) is 4.20. The van der Waals surface area contributed by atoms with Gasteiger partial charge in [-0.05, 0) is 23.6 Å². The minimum absolute atomic E-state index is 0.0166. The fraction of sp³-hybridized carbons (Fsp3) is 0.421. The number of anilines is 1. The maximum absolute atomic E-state index is 13.2. The van der Waals surface area contributed by atoms with Gasteiger partial charge in [-0.25, -0.2) is 4.79 Å². The number of carbonyl (C=O) groups excluding carboxylic acids is 2. The van der Waals surface area contributed by atoms with Gasteiger partial charge in [-0.1, -0.05) is 44.2 Å². The van der Waals surface area contributed by atoms with Crippen LogP contribution in [-0.2, 0) is 14.3 Å². The summed E-state index contributed by atoms with van der Waals surface area (Å²) in [5.41, 5.74) is 0.493. The van der Waals surface area contributed by atoms with Crippen molar-refractivity contribution in [3.8, 4) is 0 Å². The number of alkyl halides is 3. The molecule has 166 valence electrons. The van der Waals surface area contributed by atoms with Gasteiger partial charge in [0.25, 0.3) is 0 Å². The number of hydrogen-bond acceptors (Lipinski definition) is 4. The topological polar surface area (TPSA) is 105 Å². The van der Waals surface area contributed by atoms with E-state index in [9.17, 15) is 27.6 Å². The predicted molar refractivity (Wildman–Crippen MR) is 104 cm³/mol. The quantitative estimate of drug-likeness (QED) is 0.485. The van der Waals surface area contributed by atoms with Crippen LogP contribution >= 0.6 is 11.6 Å². The second-order valence-electron chi connectivity index (χ2n) is 6.57. The van der Waals surface area contributed by atoms with Crippen molar-refractivity contribution in [1.82, 2.24) is 5.32 Å². The molecule has 0 heterocycles. The molecule has 1 rings (SSSR count). The number of aliphatic carboxylic acids is 1. The molecule has 3 N–H and O–H groups in total. The highest BCUT2D eigenvalue weighted by Crippen LogP contribution is 2.31. The third-order valence-corrected chi connectivity index (χ3v) is 4.53. The molecule has 0 aromatic heterocycles. The number of carboxylic acid groups (broad SMARTS) is 1. The fourth-order valence-electron chi connectivity index (χ4n) is 2.45. The van der Waals surface area contributed by atoms with Gasteiger partial charge in [-0.15, -0.1) is 0 Å². The van der Waals surface area contributed by atoms with Crippen LogP contribution in [-0.4, -0.2) is 41.9 Å². The summed E-state index contributed by atoms with van der Waals surface area (Å²) in [6.07, 6.45) is -4.98. The Kier molecular flexibility index (Phi) is 9.16. The van der Waals surface area contributed by atoms with E-state index < -0.39 is 42.0 Å². The molecule has 0 fully saturated rings. The number of amides is 2. The first-order chi connectivity index (χ1) is 13.9. The van der Waals surface area contributed by atoms with Gasteiger partial charge < -0.3 is 20.5 Å². The largest absolute Gasteiger partial charge is 0.481 e. The fourth-order valence-corrected chi connectivity index (χ4v) is 2.61. The maximum atomic E-state index is 13.2. The standard InChI is InChI=1S/C19H22ClF3N2O5/c1-4-7-30-18(29)25-16(11(3)19(21,22)23)17(28)24-14-9-12(5-6-13(14)20)10(2)8-15(26)27/h4-6,9-11,16H,1,7-8H2,2-3H3,(H,24,28)(H,25,29)(H,26,27)/t10-,11+,16?/m0/s1. The molecule has 2 amide bonds. The van der Waals surface area contributed by atoms with Crippen molar-refractivity contribution in [2.75, 3.05) is 11.9 Å². The molecule has 0 saturated carbocycles. The molecule has 1 aromatic rings. The molecule has 0 aliphatic heterocycles. The molecule has 0 bridgehead atoms. The van der Waals surface area contributed by atoms with Gasteiger partial charge in [0.15, 0.2) is 0 Å². The molecule has 0 aliphatic rings. The van der Waals surface area contributed by atoms with Gasteiger partial charge in [0.2, 0.25) is 5.91 Å². The number of alkyl carbamates (subject to hydrolysis) is 1. The molecular weight excluding hydrogens is 429 g/mol. The van der Waals surface area contributed by atoms with Crippen LogP contribution in [0.1, 0.15) is 31.7 Å². The Labute approximate surface area is 176 Å². The van der Waals surface area contributed by atoms with E-state index in [0.29, 0.717) is 5.56 Å². The lowest BCUT2D eigenvalue weighted by Crippen LogP contribution is -2.52. The average molecular weight is 451 g/mol. The number of carbonyl (C=O) groups is 3. The van der Waals surface area contributed by atoms with Crippen LogP contribution in [0.5, 0.6) is 0 Å². The monoisotopic (exact) mass is 450 g/mol. The number of carboxylic acids is 1. The Morgan fingerprint density at radius 3 is 2.47 bits per heavy atom. The first-order valence-corrected chi connectivity index (χ1v) is 9.17. The highest BCUT2D eigenvalue weighted by molar-refractivity contribution is 6.33. The number of ether oxygens (including phenoxy) is 1. The van der Waals surface area contributed by atoms with Crippen LogP contribution in [0.3, 0.4) is 0 Å². The molecule has 0 radical (unpaired) electrons. The Bertz CT molecular complexity index is 801. The van der Waals surface area contributed by atoms with Crippen molar-refractivity contribution in [2.45, 2.75) is 38.4 Å². The number of rotatable bonds is 9. The van der Waals surface area contributed by atoms with Crippen molar-refractivity contribution < 1.29 is 37.4 Å². The van der Waals surface area contributed by atoms with E-state index in [-0.39, 0.29) is 23.7 Å². The zero-order valence-corrected chi connectivity index (χ0v) is 17.0. The summed E-state index contributed by atoms with van der Waals surface area (Å²) >= 11 is 6.02. The minimum atomic E-state index is -4.78. The van der Waals surface area contributed by atoms with Gasteiger partial charge >= 0.3 is 18.2 Å². The van der Waals surface area contributed by atoms with Gasteiger partial charge in [0, 0.05) is 0 Å². The summed E-state index contributed by atoms with van der Waals surface area (Å²) in [6, 6.07) is 2.31. The number of hydrogen-bond donors (Lipinski definition) is 3. The maximum Gasteiger partial charge on any atom is 0.408 e. The summed E-state index contributed by atoms with van der Waals surface area (Å²) in [6.45, 7) is 5.43. The summed E-state index contributed by atoms with van der Waals surface area (Å²) in [5.74, 6) is -4.88. The molecule has 1 aromatic carbocycles. The lowest BCUT2D eigenvalue weighted by atomic mass is 9.97. The minimum Gasteiger partial charge on any atom is -0.481 e. The van der Waals surface area contributed by atoms with Gasteiger partial charge in [0.1, 0.15) is 12.6 Å². The molecule has 11 heteroatoms. The molecule has 30 heavy (non-hydrogen) atoms.